The van der Waals surface area contributed by atoms with Gasteiger partial charge < -0.3 is 5.32 Å². The quantitative estimate of drug-likeness (QED) is 0.617. The highest BCUT2D eigenvalue weighted by atomic mass is 15.1. The largest absolute Gasteiger partial charge is 0.324 e. The molecule has 0 saturated heterocycles. The molecule has 25 heavy (non-hydrogen) atoms. The van der Waals surface area contributed by atoms with Crippen LogP contribution in [0.1, 0.15) is 16.8 Å². The molecule has 0 fully saturated rings. The molecule has 0 bridgehead atoms. The lowest BCUT2D eigenvalue weighted by molar-refractivity contribution is 1.01. The molecule has 0 unspecified atom stereocenters. The van der Waals surface area contributed by atoms with E-state index in [1.54, 1.807) is 24.9 Å². The van der Waals surface area contributed by atoms with Crippen molar-refractivity contribution in [2.24, 2.45) is 0 Å². The molecule has 0 aromatic carbocycles. The van der Waals surface area contributed by atoms with E-state index < -0.39 is 0 Å². The van der Waals surface area contributed by atoms with Crippen molar-refractivity contribution in [3.05, 3.63) is 66.0 Å². The predicted molar refractivity (Wildman–Crippen MR) is 98.4 cm³/mol. The monoisotopic (exact) mass is 330 g/mol. The van der Waals surface area contributed by atoms with Gasteiger partial charge in [-0.3, -0.25) is 9.55 Å². The van der Waals surface area contributed by atoms with Crippen LogP contribution in [0.4, 0.5) is 11.6 Å². The Balaban J connectivity index is 1.93. The molecular weight excluding hydrogens is 312 g/mol. The minimum atomic E-state index is 0.764. The number of aryl methyl sites for hydroxylation is 2. The summed E-state index contributed by atoms with van der Waals surface area (Å²) < 4.78 is 2.13. The number of rotatable bonds is 3. The van der Waals surface area contributed by atoms with Gasteiger partial charge >= 0.3 is 0 Å². The molecule has 0 saturated carbocycles. The molecule has 4 heterocycles. The molecule has 4 aromatic rings. The lowest BCUT2D eigenvalue weighted by Crippen LogP contribution is -2.01. The van der Waals surface area contributed by atoms with Crippen LogP contribution >= 0.6 is 0 Å². The zero-order valence-electron chi connectivity index (χ0n) is 14.4. The molecule has 4 rings (SSSR count). The number of pyridine rings is 2. The van der Waals surface area contributed by atoms with Crippen LogP contribution in [0, 0.1) is 20.8 Å². The van der Waals surface area contributed by atoms with Crippen LogP contribution in [0.5, 0.6) is 0 Å². The van der Waals surface area contributed by atoms with Gasteiger partial charge in [-0.05, 0) is 50.1 Å². The summed E-state index contributed by atoms with van der Waals surface area (Å²) in [6, 6.07) is 7.90. The van der Waals surface area contributed by atoms with Gasteiger partial charge in [-0.1, -0.05) is 6.07 Å². The van der Waals surface area contributed by atoms with Crippen LogP contribution in [0.15, 0.2) is 49.2 Å². The van der Waals surface area contributed by atoms with Crippen molar-refractivity contribution in [2.45, 2.75) is 20.8 Å². The molecule has 4 aromatic heterocycles. The van der Waals surface area contributed by atoms with Crippen LogP contribution in [-0.2, 0) is 0 Å². The summed E-state index contributed by atoms with van der Waals surface area (Å²) >= 11 is 0. The van der Waals surface area contributed by atoms with E-state index in [9.17, 15) is 0 Å². The Kier molecular flexibility index (Phi) is 3.65. The van der Waals surface area contributed by atoms with E-state index in [4.69, 9.17) is 0 Å². The summed E-state index contributed by atoms with van der Waals surface area (Å²) in [7, 11) is 0. The molecule has 0 aliphatic heterocycles. The summed E-state index contributed by atoms with van der Waals surface area (Å²) in [5.74, 6) is 1.57. The van der Waals surface area contributed by atoms with Gasteiger partial charge in [0.2, 0.25) is 0 Å². The van der Waals surface area contributed by atoms with Crippen LogP contribution in [0.25, 0.3) is 16.7 Å². The van der Waals surface area contributed by atoms with Crippen molar-refractivity contribution in [1.29, 1.82) is 0 Å². The van der Waals surface area contributed by atoms with E-state index in [2.05, 4.69) is 43.7 Å². The Bertz CT molecular complexity index is 1050. The third-order valence-corrected chi connectivity index (χ3v) is 4.46. The number of aromatic nitrogens is 5. The summed E-state index contributed by atoms with van der Waals surface area (Å²) in [4.78, 5) is 17.5. The number of fused-ring (bicyclic) bond motifs is 1. The average Bonchev–Trinajstić information content (AvgIpc) is 2.89. The SMILES string of the molecule is Cc1cccnc1Nc1ncnc2c1c(C)c(C)n2-c1ccncc1. The first-order valence-corrected chi connectivity index (χ1v) is 8.08. The van der Waals surface area contributed by atoms with Gasteiger partial charge in [-0.25, -0.2) is 15.0 Å². The van der Waals surface area contributed by atoms with Gasteiger partial charge in [0, 0.05) is 24.3 Å². The van der Waals surface area contributed by atoms with Crippen molar-refractivity contribution in [1.82, 2.24) is 24.5 Å². The van der Waals surface area contributed by atoms with Gasteiger partial charge in [0.05, 0.1) is 11.1 Å². The highest BCUT2D eigenvalue weighted by Crippen LogP contribution is 2.32. The minimum absolute atomic E-state index is 0.764. The summed E-state index contributed by atoms with van der Waals surface area (Å²) in [5.41, 5.74) is 5.24. The molecule has 6 heteroatoms. The highest BCUT2D eigenvalue weighted by Gasteiger charge is 2.18. The number of hydrogen-bond donors (Lipinski definition) is 1. The Hall–Kier alpha value is -3.28. The third-order valence-electron chi connectivity index (χ3n) is 4.46. The van der Waals surface area contributed by atoms with Crippen LogP contribution in [-0.4, -0.2) is 24.5 Å². The molecule has 6 nitrogen and oxygen atoms in total. The molecule has 0 atom stereocenters. The minimum Gasteiger partial charge on any atom is -0.324 e. The fraction of sp³-hybridized carbons (Fsp3) is 0.158. The second-order valence-corrected chi connectivity index (χ2v) is 5.97. The molecule has 0 amide bonds. The van der Waals surface area contributed by atoms with Crippen molar-refractivity contribution < 1.29 is 0 Å². The van der Waals surface area contributed by atoms with Gasteiger partial charge in [-0.15, -0.1) is 0 Å². The first kappa shape index (κ1) is 15.3. The number of nitrogens with zero attached hydrogens (tertiary/aromatic N) is 5. The normalized spacial score (nSPS) is 11.0. The van der Waals surface area contributed by atoms with Gasteiger partial charge in [0.25, 0.3) is 0 Å². The molecule has 0 radical (unpaired) electrons. The van der Waals surface area contributed by atoms with E-state index in [1.165, 1.54) is 0 Å². The lowest BCUT2D eigenvalue weighted by Gasteiger charge is -2.09. The van der Waals surface area contributed by atoms with Crippen LogP contribution in [0.3, 0.4) is 0 Å². The Morgan fingerprint density at radius 1 is 0.880 bits per heavy atom. The van der Waals surface area contributed by atoms with Crippen LogP contribution in [0.2, 0.25) is 0 Å². The maximum atomic E-state index is 4.53. The summed E-state index contributed by atoms with van der Waals surface area (Å²) in [6.45, 7) is 6.20. The average molecular weight is 330 g/mol. The summed E-state index contributed by atoms with van der Waals surface area (Å²) in [6.07, 6.45) is 6.93. The Morgan fingerprint density at radius 3 is 2.44 bits per heavy atom. The predicted octanol–water partition coefficient (Wildman–Crippen LogP) is 3.88. The number of anilines is 2. The van der Waals surface area contributed by atoms with E-state index in [0.717, 1.165) is 45.2 Å². The second kappa shape index (κ2) is 5.98. The van der Waals surface area contributed by atoms with Crippen LogP contribution < -0.4 is 5.32 Å². The fourth-order valence-corrected chi connectivity index (χ4v) is 3.03. The molecule has 0 spiro atoms. The highest BCUT2D eigenvalue weighted by molar-refractivity contribution is 5.94. The molecular formula is C19H18N6. The number of nitrogens with one attached hydrogen (secondary N) is 1. The zero-order valence-corrected chi connectivity index (χ0v) is 14.4. The fourth-order valence-electron chi connectivity index (χ4n) is 3.03. The maximum absolute atomic E-state index is 4.53. The van der Waals surface area contributed by atoms with E-state index in [0.29, 0.717) is 0 Å². The van der Waals surface area contributed by atoms with E-state index in [-0.39, 0.29) is 0 Å². The van der Waals surface area contributed by atoms with E-state index >= 15 is 0 Å². The van der Waals surface area contributed by atoms with Gasteiger partial charge in [0.15, 0.2) is 5.65 Å². The molecule has 1 N–H and O–H groups in total. The lowest BCUT2D eigenvalue weighted by atomic mass is 10.2. The Labute approximate surface area is 145 Å². The van der Waals surface area contributed by atoms with E-state index in [1.807, 2.05) is 31.2 Å². The van der Waals surface area contributed by atoms with Crippen molar-refractivity contribution in [3.63, 3.8) is 0 Å². The molecule has 0 aliphatic rings. The topological polar surface area (TPSA) is 68.5 Å². The zero-order chi connectivity index (χ0) is 17.4. The molecule has 124 valence electrons. The van der Waals surface area contributed by atoms with Crippen molar-refractivity contribution in [2.75, 3.05) is 5.32 Å². The Morgan fingerprint density at radius 2 is 1.68 bits per heavy atom. The first-order chi connectivity index (χ1) is 12.2. The first-order valence-electron chi connectivity index (χ1n) is 8.08. The van der Waals surface area contributed by atoms with Gasteiger partial charge in [-0.2, -0.15) is 0 Å². The maximum Gasteiger partial charge on any atom is 0.150 e. The van der Waals surface area contributed by atoms with Crippen molar-refractivity contribution in [3.8, 4) is 5.69 Å². The summed E-state index contributed by atoms with van der Waals surface area (Å²) in [5, 5.41) is 4.36. The standard InChI is InChI=1S/C19H18N6/c1-12-5-4-8-21-17(12)24-18-16-13(2)14(3)25(19(16)23-11-22-18)15-6-9-20-10-7-15/h4-11H,1-3H3,(H,21,22,23,24). The van der Waals surface area contributed by atoms with Crippen molar-refractivity contribution >= 4 is 22.7 Å². The third kappa shape index (κ3) is 2.52. The smallest absolute Gasteiger partial charge is 0.150 e. The number of hydrogen-bond acceptors (Lipinski definition) is 5. The van der Waals surface area contributed by atoms with Gasteiger partial charge in [0.1, 0.15) is 18.0 Å². The second-order valence-electron chi connectivity index (χ2n) is 5.97. The molecule has 0 aliphatic carbocycles.